The van der Waals surface area contributed by atoms with Gasteiger partial charge in [-0.15, -0.1) is 5.92 Å². The summed E-state index contributed by atoms with van der Waals surface area (Å²) in [6, 6.07) is 9.02. The molecule has 0 bridgehead atoms. The highest BCUT2D eigenvalue weighted by Gasteiger charge is 2.58. The summed E-state index contributed by atoms with van der Waals surface area (Å²) in [5.41, 5.74) is 1.98. The summed E-state index contributed by atoms with van der Waals surface area (Å²) < 4.78 is 71.0. The molecule has 0 radical (unpaired) electrons. The molecule has 41 heavy (non-hydrogen) atoms. The predicted molar refractivity (Wildman–Crippen MR) is 148 cm³/mol. The van der Waals surface area contributed by atoms with E-state index in [4.69, 9.17) is 27.0 Å². The molecule has 1 aliphatic rings. The molecule has 1 saturated heterocycles. The number of nitrogens with one attached hydrogen (secondary N) is 1. The largest absolute Gasteiger partial charge is 0.463 e. The van der Waals surface area contributed by atoms with Gasteiger partial charge in [0.25, 0.3) is 5.56 Å². The molecule has 1 aromatic carbocycles. The second-order valence-corrected chi connectivity index (χ2v) is 11.7. The minimum atomic E-state index is -4.59. The summed E-state index contributed by atoms with van der Waals surface area (Å²) in [7, 11) is -4.59. The van der Waals surface area contributed by atoms with E-state index in [0.29, 0.717) is 0 Å². The molecule has 14 heteroatoms. The number of fused-ring (bicyclic) bond motifs is 1. The van der Waals surface area contributed by atoms with Crippen LogP contribution in [0.4, 0.5) is 10.3 Å². The lowest BCUT2D eigenvalue weighted by molar-refractivity contribution is -0.151. The lowest BCUT2D eigenvalue weighted by Crippen LogP contribution is -2.42. The van der Waals surface area contributed by atoms with Crippen molar-refractivity contribution in [1.82, 2.24) is 14.5 Å². The Labute approximate surface area is 238 Å². The maximum Gasteiger partial charge on any atom is 0.380 e. The maximum atomic E-state index is 16.6. The van der Waals surface area contributed by atoms with E-state index < -0.39 is 68.0 Å². The number of hydrogen-bond acceptors (Lipinski definition) is 10. The number of halogens is 1. The average Bonchev–Trinajstić information content (AvgIpc) is 3.42. The van der Waals surface area contributed by atoms with Gasteiger partial charge in [-0.2, -0.15) is 4.98 Å². The van der Waals surface area contributed by atoms with Crippen LogP contribution >= 0.6 is 7.60 Å². The quantitative estimate of drug-likeness (QED) is 0.181. The Morgan fingerprint density at radius 2 is 2.07 bits per heavy atom. The molecule has 1 fully saturated rings. The molecule has 6 atom stereocenters. The summed E-state index contributed by atoms with van der Waals surface area (Å²) in [6.45, 7) is 2.79. The average molecular weight is 593 g/mol. The number of nitrogens with zero attached hydrogens (tertiary/aromatic N) is 2. The Kier molecular flexibility index (Phi) is 8.07. The molecule has 4 N–H and O–H groups in total. The summed E-state index contributed by atoms with van der Waals surface area (Å²) in [6.07, 6.45) is -6.13. The van der Waals surface area contributed by atoms with E-state index in [1.54, 1.807) is 32.0 Å². The Morgan fingerprint density at radius 3 is 2.73 bits per heavy atom. The highest BCUT2D eigenvalue weighted by Crippen LogP contribution is 2.51. The van der Waals surface area contributed by atoms with Crippen LogP contribution in [0.5, 0.6) is 5.75 Å². The normalized spacial score (nSPS) is 25.5. The van der Waals surface area contributed by atoms with E-state index in [0.717, 1.165) is 4.57 Å². The summed E-state index contributed by atoms with van der Waals surface area (Å²) in [5, 5.41) is 11.1. The zero-order chi connectivity index (χ0) is 31.7. The number of hydrogen-bond donors (Lipinski definition) is 3. The standard InChI is InChI=1S/C27H32FN4O8P/c1-5-12-27(28)21(33)20(39-25(27)32-13-11-19-22(32)30-26(29)31-23(19)34)14-37-41(36,40-18-9-7-6-8-10-18)15-17(4)24(35)38-16(2)3/h6-11,13,16-17,20-21,25,33H,14-15H2,1-4H3,(H3,29,30,31,34)/t17-,20-,21+,25-,27?,41+/m1/s1/i14D2. The molecule has 3 heterocycles. The Bertz CT molecular complexity index is 1660. The van der Waals surface area contributed by atoms with Gasteiger partial charge in [0, 0.05) is 6.20 Å². The van der Waals surface area contributed by atoms with Crippen molar-refractivity contribution in [3.63, 3.8) is 0 Å². The fourth-order valence-corrected chi connectivity index (χ4v) is 5.95. The van der Waals surface area contributed by atoms with Crippen molar-refractivity contribution in [1.29, 1.82) is 0 Å². The van der Waals surface area contributed by atoms with Crippen molar-refractivity contribution in [2.24, 2.45) is 5.92 Å². The first-order valence-corrected chi connectivity index (χ1v) is 14.4. The van der Waals surface area contributed by atoms with Gasteiger partial charge in [-0.05, 0) is 39.0 Å². The third-order valence-corrected chi connectivity index (χ3v) is 7.94. The monoisotopic (exact) mass is 592 g/mol. The number of carbonyl (C=O) groups excluding carboxylic acids is 1. The predicted octanol–water partition coefficient (Wildman–Crippen LogP) is 3.17. The molecule has 1 aliphatic heterocycles. The number of para-hydroxylation sites is 1. The molecule has 220 valence electrons. The number of nitrogens with two attached hydrogens (primary N) is 1. The first-order valence-electron chi connectivity index (χ1n) is 13.7. The van der Waals surface area contributed by atoms with Crippen LogP contribution in [0.3, 0.4) is 0 Å². The Hall–Kier alpha value is -3.69. The first-order chi connectivity index (χ1) is 20.1. The van der Waals surface area contributed by atoms with Crippen LogP contribution < -0.4 is 15.8 Å². The van der Waals surface area contributed by atoms with Gasteiger partial charge < -0.3 is 29.4 Å². The second-order valence-electron chi connectivity index (χ2n) is 9.70. The number of aliphatic hydroxyl groups excluding tert-OH is 1. The van der Waals surface area contributed by atoms with Gasteiger partial charge in [0.1, 0.15) is 18.0 Å². The van der Waals surface area contributed by atoms with Crippen molar-refractivity contribution < 1.29 is 40.1 Å². The number of H-pyrrole nitrogens is 1. The molecule has 0 saturated carbocycles. The number of alkyl halides is 1. The number of aliphatic hydroxyl groups is 1. The fraction of sp³-hybridized carbons (Fsp3) is 0.444. The fourth-order valence-electron chi connectivity index (χ4n) is 4.24. The maximum absolute atomic E-state index is 16.6. The molecular weight excluding hydrogens is 558 g/mol. The van der Waals surface area contributed by atoms with Gasteiger partial charge in [-0.25, -0.2) is 8.96 Å². The van der Waals surface area contributed by atoms with Crippen LogP contribution in [0.15, 0.2) is 47.4 Å². The van der Waals surface area contributed by atoms with Gasteiger partial charge in [0.05, 0.1) is 32.9 Å². The summed E-state index contributed by atoms with van der Waals surface area (Å²) >= 11 is 0. The summed E-state index contributed by atoms with van der Waals surface area (Å²) in [5.74, 6) is 2.57. The van der Waals surface area contributed by atoms with Crippen molar-refractivity contribution in [2.75, 3.05) is 18.5 Å². The highest BCUT2D eigenvalue weighted by molar-refractivity contribution is 7.54. The molecule has 4 rings (SSSR count). The smallest absolute Gasteiger partial charge is 0.380 e. The Balaban J connectivity index is 1.71. The van der Waals surface area contributed by atoms with E-state index in [1.807, 2.05) is 0 Å². The van der Waals surface area contributed by atoms with Gasteiger partial charge in [0.2, 0.25) is 11.6 Å². The molecule has 2 aromatic heterocycles. The van der Waals surface area contributed by atoms with Crippen molar-refractivity contribution in [3.05, 3.63) is 52.9 Å². The highest BCUT2D eigenvalue weighted by atomic mass is 31.2. The van der Waals surface area contributed by atoms with Gasteiger partial charge in [0.15, 0.2) is 11.9 Å². The number of nitrogen functional groups attached to an aromatic ring is 1. The lowest BCUT2D eigenvalue weighted by atomic mass is 9.96. The Morgan fingerprint density at radius 1 is 1.37 bits per heavy atom. The SMILES string of the molecule is [2H]C([2H])(O[P@@](=O)(C[C@@H](C)C(=O)OC(C)C)Oc1ccccc1)[C@H]1O[C@@H](n2ccc3c(=O)[nH]c(N)nc32)C(F)(C#CC)[C@H]1O. The topological polar surface area (TPSA) is 168 Å². The van der Waals surface area contributed by atoms with Crippen LogP contribution in [0.25, 0.3) is 11.0 Å². The van der Waals surface area contributed by atoms with Gasteiger partial charge >= 0.3 is 13.6 Å². The van der Waals surface area contributed by atoms with E-state index >= 15 is 4.39 Å². The number of aromatic amines is 1. The minimum absolute atomic E-state index is 0.0184. The van der Waals surface area contributed by atoms with Crippen molar-refractivity contribution >= 4 is 30.5 Å². The van der Waals surface area contributed by atoms with Gasteiger partial charge in [-0.3, -0.25) is 19.1 Å². The zero-order valence-electron chi connectivity index (χ0n) is 24.7. The first kappa shape index (κ1) is 27.5. The minimum Gasteiger partial charge on any atom is -0.463 e. The molecule has 3 aromatic rings. The van der Waals surface area contributed by atoms with E-state index in [9.17, 15) is 19.3 Å². The number of carbonyl (C=O) groups is 1. The van der Waals surface area contributed by atoms with Crippen molar-refractivity contribution in [2.45, 2.75) is 57.9 Å². The number of rotatable bonds is 10. The number of anilines is 1. The van der Waals surface area contributed by atoms with Crippen LogP contribution in [0.2, 0.25) is 0 Å². The van der Waals surface area contributed by atoms with Crippen molar-refractivity contribution in [3.8, 4) is 17.6 Å². The van der Waals surface area contributed by atoms with E-state index in [2.05, 4.69) is 21.8 Å². The molecule has 1 unspecified atom stereocenters. The molecule has 0 spiro atoms. The van der Waals surface area contributed by atoms with Gasteiger partial charge in [-0.1, -0.05) is 31.0 Å². The third kappa shape index (κ3) is 6.47. The van der Waals surface area contributed by atoms with Crippen LogP contribution in [-0.2, 0) is 23.4 Å². The lowest BCUT2D eigenvalue weighted by Gasteiger charge is -2.25. The number of benzene rings is 1. The molecular formula is C27H32FN4O8P. The second kappa shape index (κ2) is 12.0. The molecule has 0 amide bonds. The van der Waals surface area contributed by atoms with E-state index in [1.165, 1.54) is 38.2 Å². The summed E-state index contributed by atoms with van der Waals surface area (Å²) in [4.78, 5) is 31.2. The zero-order valence-corrected chi connectivity index (χ0v) is 23.6. The molecule has 12 nitrogen and oxygen atoms in total. The van der Waals surface area contributed by atoms with Crippen LogP contribution in [0, 0.1) is 17.8 Å². The van der Waals surface area contributed by atoms with E-state index in [-0.39, 0.29) is 22.7 Å². The van der Waals surface area contributed by atoms with Crippen LogP contribution in [-0.4, -0.2) is 62.3 Å². The van der Waals surface area contributed by atoms with Crippen LogP contribution in [0.1, 0.15) is 36.7 Å². The number of ether oxygens (including phenoxy) is 2. The third-order valence-electron chi connectivity index (χ3n) is 6.07. The molecule has 0 aliphatic carbocycles. The number of esters is 1. The number of aromatic nitrogens is 3.